The molecule has 1 N–H and O–H groups in total. The Balaban J connectivity index is 1.40. The van der Waals surface area contributed by atoms with E-state index in [0.717, 1.165) is 44.9 Å². The highest BCUT2D eigenvalue weighted by atomic mass is 16.7. The Morgan fingerprint density at radius 3 is 2.56 bits per heavy atom. The molecule has 2 spiro atoms. The first-order valence-corrected chi connectivity index (χ1v) is 13.7. The number of epoxide rings is 1. The lowest BCUT2D eigenvalue weighted by molar-refractivity contribution is -0.205. The van der Waals surface area contributed by atoms with Crippen LogP contribution in [-0.4, -0.2) is 34.2 Å². The third-order valence-electron chi connectivity index (χ3n) is 12.4. The third kappa shape index (κ3) is 2.20. The van der Waals surface area contributed by atoms with Gasteiger partial charge in [-0.2, -0.15) is 0 Å². The van der Waals surface area contributed by atoms with Gasteiger partial charge in [0.25, 0.3) is 0 Å². The van der Waals surface area contributed by atoms with Gasteiger partial charge in [0, 0.05) is 23.7 Å². The minimum absolute atomic E-state index is 0.00987. The Bertz CT molecular complexity index is 985. The average Bonchev–Trinajstić information content (AvgIpc) is 3.38. The molecule has 10 atom stereocenters. The number of hydrogen-bond donors (Lipinski definition) is 1. The Morgan fingerprint density at radius 2 is 1.85 bits per heavy atom. The fraction of sp³-hybridized carbons (Fsp3) is 0.862. The summed E-state index contributed by atoms with van der Waals surface area (Å²) < 4.78 is 13.5. The van der Waals surface area contributed by atoms with E-state index in [9.17, 15) is 14.7 Å². The molecule has 4 aliphatic carbocycles. The van der Waals surface area contributed by atoms with Crippen LogP contribution in [-0.2, 0) is 19.1 Å². The summed E-state index contributed by atoms with van der Waals surface area (Å²) in [7, 11) is 0. The second-order valence-corrected chi connectivity index (χ2v) is 13.5. The number of carbonyl (C=O) groups is 2. The minimum Gasteiger partial charge on any atom is -0.512 e. The summed E-state index contributed by atoms with van der Waals surface area (Å²) in [5.74, 6) is 1.94. The standard InChI is InChI=1S/C29H42O5/c1-16(2)21(30)8-7-17(3)19-9-12-27-24(32)34-28(14-13-25(19,27)5)26(6)11-10-22(31)18(4)20(26)15-23-29(27,28)33-23/h8,16-20,23,30H,7,9-15H2,1-6H3/b21-8-/t17-,18+,19-,20+,23+,25-,26+,27+,28+,29-/m1/s1. The van der Waals surface area contributed by atoms with E-state index < -0.39 is 16.6 Å². The second kappa shape index (κ2) is 6.69. The van der Waals surface area contributed by atoms with Gasteiger partial charge in [-0.25, -0.2) is 0 Å². The first kappa shape index (κ1) is 23.1. The van der Waals surface area contributed by atoms with E-state index in [-0.39, 0.29) is 40.7 Å². The Kier molecular flexibility index (Phi) is 4.54. The molecule has 0 aromatic heterocycles. The molecule has 0 aromatic carbocycles. The molecule has 0 radical (unpaired) electrons. The van der Waals surface area contributed by atoms with E-state index in [1.54, 1.807) is 0 Å². The maximum Gasteiger partial charge on any atom is 0.316 e. The molecule has 6 fully saturated rings. The number of allylic oxidation sites excluding steroid dienone is 2. The van der Waals surface area contributed by atoms with Crippen molar-refractivity contribution in [2.45, 2.75) is 110 Å². The molecule has 6 aliphatic rings. The van der Waals surface area contributed by atoms with Gasteiger partial charge in [-0.3, -0.25) is 9.59 Å². The van der Waals surface area contributed by atoms with Crippen LogP contribution in [0, 0.1) is 45.8 Å². The van der Waals surface area contributed by atoms with Crippen molar-refractivity contribution in [3.8, 4) is 0 Å². The number of fused-ring (bicyclic) bond motifs is 1. The van der Waals surface area contributed by atoms with Crippen molar-refractivity contribution in [3.05, 3.63) is 11.8 Å². The molecule has 34 heavy (non-hydrogen) atoms. The predicted molar refractivity (Wildman–Crippen MR) is 128 cm³/mol. The molecule has 0 aromatic rings. The lowest BCUT2D eigenvalue weighted by atomic mass is 9.38. The van der Waals surface area contributed by atoms with Gasteiger partial charge < -0.3 is 14.6 Å². The Morgan fingerprint density at radius 1 is 1.12 bits per heavy atom. The molecular weight excluding hydrogens is 428 g/mol. The van der Waals surface area contributed by atoms with Gasteiger partial charge in [-0.05, 0) is 74.2 Å². The summed E-state index contributed by atoms with van der Waals surface area (Å²) in [6.45, 7) is 13.1. The van der Waals surface area contributed by atoms with Crippen LogP contribution < -0.4 is 0 Å². The van der Waals surface area contributed by atoms with E-state index in [2.05, 4.69) is 27.7 Å². The van der Waals surface area contributed by atoms with Crippen molar-refractivity contribution < 1.29 is 24.2 Å². The van der Waals surface area contributed by atoms with Gasteiger partial charge in [0.05, 0.1) is 11.9 Å². The number of hydrogen-bond acceptors (Lipinski definition) is 5. The number of ketones is 1. The number of Topliss-reactive ketones (excluding diaryl/α,β-unsaturated/α-hetero) is 1. The Labute approximate surface area is 204 Å². The summed E-state index contributed by atoms with van der Waals surface area (Å²) in [4.78, 5) is 26.8. The fourth-order valence-electron chi connectivity index (χ4n) is 10.5. The van der Waals surface area contributed by atoms with Crippen LogP contribution in [0.2, 0.25) is 0 Å². The summed E-state index contributed by atoms with van der Waals surface area (Å²) in [5, 5.41) is 10.3. The third-order valence-corrected chi connectivity index (χ3v) is 12.4. The lowest BCUT2D eigenvalue weighted by Gasteiger charge is -2.62. The molecule has 2 heterocycles. The van der Waals surface area contributed by atoms with E-state index in [1.165, 1.54) is 0 Å². The van der Waals surface area contributed by atoms with E-state index >= 15 is 0 Å². The van der Waals surface area contributed by atoms with Crippen LogP contribution in [0.1, 0.15) is 92.9 Å². The van der Waals surface area contributed by atoms with Crippen molar-refractivity contribution in [2.24, 2.45) is 45.8 Å². The summed E-state index contributed by atoms with van der Waals surface area (Å²) in [5.41, 5.74) is -2.06. The van der Waals surface area contributed by atoms with Gasteiger partial charge in [0.15, 0.2) is 11.2 Å². The zero-order chi connectivity index (χ0) is 24.5. The van der Waals surface area contributed by atoms with Crippen LogP contribution in [0.25, 0.3) is 0 Å². The maximum absolute atomic E-state index is 14.1. The molecule has 2 aliphatic heterocycles. The topological polar surface area (TPSA) is 76.1 Å². The van der Waals surface area contributed by atoms with Gasteiger partial charge in [-0.1, -0.05) is 41.5 Å². The first-order valence-electron chi connectivity index (χ1n) is 13.7. The van der Waals surface area contributed by atoms with Gasteiger partial charge in [-0.15, -0.1) is 0 Å². The average molecular weight is 471 g/mol. The molecule has 5 nitrogen and oxygen atoms in total. The molecule has 2 saturated heterocycles. The van der Waals surface area contributed by atoms with Gasteiger partial charge in [0.2, 0.25) is 0 Å². The first-order chi connectivity index (χ1) is 15.9. The second-order valence-electron chi connectivity index (χ2n) is 13.5. The number of aliphatic hydroxyl groups excluding tert-OH is 1. The highest BCUT2D eigenvalue weighted by Gasteiger charge is 2.97. The molecule has 0 unspecified atom stereocenters. The fourth-order valence-corrected chi connectivity index (χ4v) is 10.5. The lowest BCUT2D eigenvalue weighted by Crippen LogP contribution is -2.71. The Hall–Kier alpha value is -1.36. The maximum atomic E-state index is 14.1. The molecule has 4 saturated carbocycles. The molecule has 2 bridgehead atoms. The van der Waals surface area contributed by atoms with Crippen LogP contribution >= 0.6 is 0 Å². The minimum atomic E-state index is -0.590. The van der Waals surface area contributed by atoms with Gasteiger partial charge >= 0.3 is 5.97 Å². The van der Waals surface area contributed by atoms with Crippen LogP contribution in [0.4, 0.5) is 0 Å². The summed E-state index contributed by atoms with van der Waals surface area (Å²) >= 11 is 0. The highest BCUT2D eigenvalue weighted by Crippen LogP contribution is 2.86. The van der Waals surface area contributed by atoms with Crippen molar-refractivity contribution in [2.75, 3.05) is 0 Å². The summed E-state index contributed by atoms with van der Waals surface area (Å²) in [6, 6.07) is 0. The molecule has 5 heteroatoms. The normalized spacial score (nSPS) is 54.1. The van der Waals surface area contributed by atoms with Crippen molar-refractivity contribution >= 4 is 11.8 Å². The monoisotopic (exact) mass is 470 g/mol. The molecule has 188 valence electrons. The number of aliphatic hydroxyl groups is 1. The summed E-state index contributed by atoms with van der Waals surface area (Å²) in [6.07, 6.45) is 8.78. The molecule has 6 rings (SSSR count). The van der Waals surface area contributed by atoms with Crippen LogP contribution in [0.3, 0.4) is 0 Å². The van der Waals surface area contributed by atoms with E-state index in [1.807, 2.05) is 19.9 Å². The largest absolute Gasteiger partial charge is 0.512 e. The zero-order valence-corrected chi connectivity index (χ0v) is 21.8. The van der Waals surface area contributed by atoms with Crippen molar-refractivity contribution in [1.82, 2.24) is 0 Å². The molecule has 0 amide bonds. The number of carbonyl (C=O) groups excluding carboxylic acids is 2. The zero-order valence-electron chi connectivity index (χ0n) is 21.8. The predicted octanol–water partition coefficient (Wildman–Crippen LogP) is 5.77. The molecular formula is C29H42O5. The van der Waals surface area contributed by atoms with Crippen LogP contribution in [0.15, 0.2) is 11.8 Å². The highest BCUT2D eigenvalue weighted by molar-refractivity contribution is 5.88. The SMILES string of the molecule is CC(C)/C(O)=C/C[C@@H](C)[C@H]1CC[C@]23C(=O)O[C@]4(CC[C@]12C)[C@]31O[C@H]1C[C@H]1[C@H](C)C(=O)CC[C@@]14C. The van der Waals surface area contributed by atoms with Crippen molar-refractivity contribution in [1.29, 1.82) is 0 Å². The number of esters is 1. The van der Waals surface area contributed by atoms with Crippen LogP contribution in [0.5, 0.6) is 0 Å². The van der Waals surface area contributed by atoms with Gasteiger partial charge in [0.1, 0.15) is 11.2 Å². The smallest absolute Gasteiger partial charge is 0.316 e. The number of ether oxygens (including phenoxy) is 2. The van der Waals surface area contributed by atoms with E-state index in [4.69, 9.17) is 9.47 Å². The van der Waals surface area contributed by atoms with Crippen molar-refractivity contribution in [3.63, 3.8) is 0 Å². The number of rotatable bonds is 4. The quantitative estimate of drug-likeness (QED) is 0.321. The van der Waals surface area contributed by atoms with E-state index in [0.29, 0.717) is 29.8 Å².